The van der Waals surface area contributed by atoms with Crippen LogP contribution in [0.25, 0.3) is 0 Å². The molecule has 0 spiro atoms. The fourth-order valence-corrected chi connectivity index (χ4v) is 2.59. The Hall–Kier alpha value is -1.55. The SMILES string of the molecule is O=C(O)[C@H]1CCCN(C(=O)CCc2ccc(Cl)cc2)C1. The molecule has 1 heterocycles. The second-order valence-corrected chi connectivity index (χ2v) is 5.58. The summed E-state index contributed by atoms with van der Waals surface area (Å²) in [7, 11) is 0. The number of hydrogen-bond acceptors (Lipinski definition) is 2. The van der Waals surface area contributed by atoms with Crippen LogP contribution in [0.3, 0.4) is 0 Å². The molecule has 4 nitrogen and oxygen atoms in total. The van der Waals surface area contributed by atoms with Gasteiger partial charge in [-0.05, 0) is 37.0 Å². The van der Waals surface area contributed by atoms with E-state index in [1.54, 1.807) is 4.90 Å². The largest absolute Gasteiger partial charge is 0.481 e. The molecule has 20 heavy (non-hydrogen) atoms. The number of amides is 1. The minimum Gasteiger partial charge on any atom is -0.481 e. The van der Waals surface area contributed by atoms with Crippen molar-refractivity contribution in [3.8, 4) is 0 Å². The molecule has 1 aliphatic rings. The number of aryl methyl sites for hydroxylation is 1. The van der Waals surface area contributed by atoms with Crippen molar-refractivity contribution in [1.82, 2.24) is 4.90 Å². The van der Waals surface area contributed by atoms with Gasteiger partial charge in [-0.3, -0.25) is 9.59 Å². The smallest absolute Gasteiger partial charge is 0.308 e. The molecule has 5 heteroatoms. The maximum Gasteiger partial charge on any atom is 0.308 e. The summed E-state index contributed by atoms with van der Waals surface area (Å²) in [6.07, 6.45) is 2.50. The van der Waals surface area contributed by atoms with E-state index in [9.17, 15) is 9.59 Å². The zero-order chi connectivity index (χ0) is 14.5. The molecular weight excluding hydrogens is 278 g/mol. The molecule has 1 aromatic rings. The fourth-order valence-electron chi connectivity index (χ4n) is 2.47. The van der Waals surface area contributed by atoms with Gasteiger partial charge in [-0.2, -0.15) is 0 Å². The molecule has 1 N–H and O–H groups in total. The van der Waals surface area contributed by atoms with E-state index in [-0.39, 0.29) is 5.91 Å². The first kappa shape index (κ1) is 14.9. The first-order chi connectivity index (χ1) is 9.56. The number of carboxylic acids is 1. The Kier molecular flexibility index (Phi) is 5.01. The van der Waals surface area contributed by atoms with Crippen LogP contribution >= 0.6 is 11.6 Å². The zero-order valence-corrected chi connectivity index (χ0v) is 12.0. The van der Waals surface area contributed by atoms with Crippen LogP contribution in [0, 0.1) is 5.92 Å². The number of carboxylic acid groups (broad SMARTS) is 1. The van der Waals surface area contributed by atoms with Crippen LogP contribution in [0.2, 0.25) is 5.02 Å². The highest BCUT2D eigenvalue weighted by Gasteiger charge is 2.27. The maximum absolute atomic E-state index is 12.1. The summed E-state index contributed by atoms with van der Waals surface area (Å²) in [4.78, 5) is 24.8. The van der Waals surface area contributed by atoms with Crippen molar-refractivity contribution >= 4 is 23.5 Å². The van der Waals surface area contributed by atoms with E-state index in [0.29, 0.717) is 37.4 Å². The first-order valence-electron chi connectivity index (χ1n) is 6.81. The lowest BCUT2D eigenvalue weighted by molar-refractivity contribution is -0.145. The van der Waals surface area contributed by atoms with Crippen LogP contribution in [0.4, 0.5) is 0 Å². The number of carbonyl (C=O) groups is 2. The summed E-state index contributed by atoms with van der Waals surface area (Å²) < 4.78 is 0. The molecule has 1 aliphatic heterocycles. The Balaban J connectivity index is 1.85. The molecule has 0 aromatic heterocycles. The standard InChI is InChI=1S/C15H18ClNO3/c16-13-6-3-11(4-7-13)5-8-14(18)17-9-1-2-12(10-17)15(19)20/h3-4,6-7,12H,1-2,5,8-10H2,(H,19,20)/t12-/m0/s1. The van der Waals surface area contributed by atoms with Crippen LogP contribution in [0.15, 0.2) is 24.3 Å². The van der Waals surface area contributed by atoms with Crippen molar-refractivity contribution in [1.29, 1.82) is 0 Å². The van der Waals surface area contributed by atoms with Crippen molar-refractivity contribution in [3.05, 3.63) is 34.9 Å². The first-order valence-corrected chi connectivity index (χ1v) is 7.19. The molecule has 0 radical (unpaired) electrons. The van der Waals surface area contributed by atoms with E-state index in [0.717, 1.165) is 12.0 Å². The van der Waals surface area contributed by atoms with Gasteiger partial charge >= 0.3 is 5.97 Å². The van der Waals surface area contributed by atoms with Crippen molar-refractivity contribution in [2.75, 3.05) is 13.1 Å². The number of benzene rings is 1. The third-order valence-electron chi connectivity index (χ3n) is 3.66. The molecule has 108 valence electrons. The highest BCUT2D eigenvalue weighted by atomic mass is 35.5. The molecule has 0 saturated carbocycles. The van der Waals surface area contributed by atoms with Gasteiger partial charge in [0.15, 0.2) is 0 Å². The summed E-state index contributed by atoms with van der Waals surface area (Å²) in [5.74, 6) is -1.19. The van der Waals surface area contributed by atoms with Crippen LogP contribution in [-0.2, 0) is 16.0 Å². The molecular formula is C15H18ClNO3. The third-order valence-corrected chi connectivity index (χ3v) is 3.92. The maximum atomic E-state index is 12.1. The van der Waals surface area contributed by atoms with Gasteiger partial charge in [0.1, 0.15) is 0 Å². The molecule has 0 unspecified atom stereocenters. The van der Waals surface area contributed by atoms with Gasteiger partial charge in [0.25, 0.3) is 0 Å². The Morgan fingerprint density at radius 3 is 2.65 bits per heavy atom. The van der Waals surface area contributed by atoms with Crippen molar-refractivity contribution in [2.24, 2.45) is 5.92 Å². The molecule has 1 fully saturated rings. The highest BCUT2D eigenvalue weighted by Crippen LogP contribution is 2.18. The minimum absolute atomic E-state index is 0.0332. The lowest BCUT2D eigenvalue weighted by Crippen LogP contribution is -2.42. The van der Waals surface area contributed by atoms with Gasteiger partial charge in [0.05, 0.1) is 5.92 Å². The molecule has 2 rings (SSSR count). The lowest BCUT2D eigenvalue weighted by atomic mass is 9.97. The van der Waals surface area contributed by atoms with E-state index >= 15 is 0 Å². The van der Waals surface area contributed by atoms with E-state index in [1.165, 1.54) is 0 Å². The van der Waals surface area contributed by atoms with E-state index in [4.69, 9.17) is 16.7 Å². The second-order valence-electron chi connectivity index (χ2n) is 5.14. The van der Waals surface area contributed by atoms with Crippen LogP contribution in [-0.4, -0.2) is 35.0 Å². The molecule has 0 aliphatic carbocycles. The van der Waals surface area contributed by atoms with Crippen molar-refractivity contribution in [2.45, 2.75) is 25.7 Å². The summed E-state index contributed by atoms with van der Waals surface area (Å²) >= 11 is 5.81. The number of likely N-dealkylation sites (tertiary alicyclic amines) is 1. The van der Waals surface area contributed by atoms with Crippen LogP contribution in [0.1, 0.15) is 24.8 Å². The van der Waals surface area contributed by atoms with Gasteiger partial charge in [-0.25, -0.2) is 0 Å². The molecule has 1 atom stereocenters. The minimum atomic E-state index is -0.805. The third kappa shape index (κ3) is 3.97. The number of piperidine rings is 1. The highest BCUT2D eigenvalue weighted by molar-refractivity contribution is 6.30. The predicted octanol–water partition coefficient (Wildman–Crippen LogP) is 2.60. The van der Waals surface area contributed by atoms with Crippen molar-refractivity contribution in [3.63, 3.8) is 0 Å². The van der Waals surface area contributed by atoms with Gasteiger partial charge in [-0.1, -0.05) is 23.7 Å². The van der Waals surface area contributed by atoms with Gasteiger partial charge in [-0.15, -0.1) is 0 Å². The van der Waals surface area contributed by atoms with E-state index in [2.05, 4.69) is 0 Å². The van der Waals surface area contributed by atoms with Gasteiger partial charge in [0.2, 0.25) is 5.91 Å². The molecule has 1 aromatic carbocycles. The summed E-state index contributed by atoms with van der Waals surface area (Å²) in [5.41, 5.74) is 1.06. The number of rotatable bonds is 4. The van der Waals surface area contributed by atoms with Crippen LogP contribution < -0.4 is 0 Å². The zero-order valence-electron chi connectivity index (χ0n) is 11.2. The second kappa shape index (κ2) is 6.75. The predicted molar refractivity (Wildman–Crippen MR) is 76.7 cm³/mol. The Morgan fingerprint density at radius 1 is 1.30 bits per heavy atom. The number of nitrogens with zero attached hydrogens (tertiary/aromatic N) is 1. The molecule has 0 bridgehead atoms. The number of hydrogen-bond donors (Lipinski definition) is 1. The van der Waals surface area contributed by atoms with Crippen molar-refractivity contribution < 1.29 is 14.7 Å². The number of carbonyl (C=O) groups excluding carboxylic acids is 1. The average molecular weight is 296 g/mol. The lowest BCUT2D eigenvalue weighted by Gasteiger charge is -2.30. The Morgan fingerprint density at radius 2 is 2.00 bits per heavy atom. The van der Waals surface area contributed by atoms with E-state index < -0.39 is 11.9 Å². The quantitative estimate of drug-likeness (QED) is 0.929. The topological polar surface area (TPSA) is 57.6 Å². The van der Waals surface area contributed by atoms with Crippen LogP contribution in [0.5, 0.6) is 0 Å². The van der Waals surface area contributed by atoms with Gasteiger partial charge < -0.3 is 10.0 Å². The Bertz CT molecular complexity index is 486. The summed E-state index contributed by atoms with van der Waals surface area (Å²) in [6.45, 7) is 1.01. The molecule has 1 saturated heterocycles. The summed E-state index contributed by atoms with van der Waals surface area (Å²) in [6, 6.07) is 7.43. The summed E-state index contributed by atoms with van der Waals surface area (Å²) in [5, 5.41) is 9.70. The molecule has 1 amide bonds. The average Bonchev–Trinajstić information content (AvgIpc) is 2.46. The normalized spacial score (nSPS) is 18.9. The Labute approximate surface area is 123 Å². The number of halogens is 1. The monoisotopic (exact) mass is 295 g/mol. The fraction of sp³-hybridized carbons (Fsp3) is 0.467. The van der Waals surface area contributed by atoms with Gasteiger partial charge in [0, 0.05) is 24.5 Å². The number of aliphatic carboxylic acids is 1. The van der Waals surface area contributed by atoms with E-state index in [1.807, 2.05) is 24.3 Å².